The van der Waals surface area contributed by atoms with Crippen molar-refractivity contribution in [2.75, 3.05) is 13.2 Å². The summed E-state index contributed by atoms with van der Waals surface area (Å²) in [7, 11) is 0. The fourth-order valence-corrected chi connectivity index (χ4v) is 9.00. The zero-order valence-corrected chi connectivity index (χ0v) is 46.3. The van der Waals surface area contributed by atoms with E-state index in [1.807, 2.05) is 0 Å². The molecule has 69 heavy (non-hydrogen) atoms. The third-order valence-electron chi connectivity index (χ3n) is 13.6. The van der Waals surface area contributed by atoms with Crippen molar-refractivity contribution in [3.05, 3.63) is 36.5 Å². The quantitative estimate of drug-likeness (QED) is 0.0261. The summed E-state index contributed by atoms with van der Waals surface area (Å²) in [5.41, 5.74) is 0. The predicted octanol–water partition coefficient (Wildman–Crippen LogP) is 20.4. The Labute approximate surface area is 429 Å². The summed E-state index contributed by atoms with van der Waals surface area (Å²) in [5.74, 6) is -0.859. The highest BCUT2D eigenvalue weighted by molar-refractivity contribution is 5.71. The molecule has 0 aromatic rings. The van der Waals surface area contributed by atoms with Crippen LogP contribution in [0.1, 0.15) is 329 Å². The van der Waals surface area contributed by atoms with Crippen LogP contribution >= 0.6 is 0 Å². The molecule has 0 unspecified atom stereocenters. The Morgan fingerprint density at radius 3 is 0.855 bits per heavy atom. The lowest BCUT2D eigenvalue weighted by Gasteiger charge is -2.18. The first-order valence-corrected chi connectivity index (χ1v) is 30.5. The van der Waals surface area contributed by atoms with Crippen LogP contribution in [0.3, 0.4) is 0 Å². The molecule has 6 heteroatoms. The molecule has 0 bridgehead atoms. The number of carbonyl (C=O) groups is 3. The van der Waals surface area contributed by atoms with Crippen LogP contribution in [-0.2, 0) is 28.6 Å². The average Bonchev–Trinajstić information content (AvgIpc) is 3.35. The van der Waals surface area contributed by atoms with Crippen molar-refractivity contribution in [1.29, 1.82) is 0 Å². The van der Waals surface area contributed by atoms with Crippen molar-refractivity contribution in [3.63, 3.8) is 0 Å². The molecular weight excluding hydrogens is 853 g/mol. The third-order valence-corrected chi connectivity index (χ3v) is 13.6. The van der Waals surface area contributed by atoms with Gasteiger partial charge in [0.25, 0.3) is 0 Å². The molecule has 0 spiro atoms. The topological polar surface area (TPSA) is 78.9 Å². The maximum Gasteiger partial charge on any atom is 0.306 e. The van der Waals surface area contributed by atoms with Crippen LogP contribution in [0.25, 0.3) is 0 Å². The maximum atomic E-state index is 12.9. The van der Waals surface area contributed by atoms with E-state index in [0.29, 0.717) is 19.3 Å². The van der Waals surface area contributed by atoms with Gasteiger partial charge in [0.1, 0.15) is 13.2 Å². The third kappa shape index (κ3) is 56.4. The van der Waals surface area contributed by atoms with E-state index in [-0.39, 0.29) is 31.1 Å². The van der Waals surface area contributed by atoms with Gasteiger partial charge in [0.2, 0.25) is 0 Å². The maximum absolute atomic E-state index is 12.9. The Hall–Kier alpha value is -2.37. The molecule has 0 fully saturated rings. The number of esters is 3. The number of ether oxygens (including phenoxy) is 3. The molecule has 0 radical (unpaired) electrons. The molecule has 0 aliphatic carbocycles. The Morgan fingerprint density at radius 2 is 0.522 bits per heavy atom. The summed E-state index contributed by atoms with van der Waals surface area (Å²) in [5, 5.41) is 0. The number of allylic oxidation sites excluding steroid dienone is 6. The van der Waals surface area contributed by atoms with Gasteiger partial charge in [-0.2, -0.15) is 0 Å². The normalized spacial score (nSPS) is 12.2. The second-order valence-electron chi connectivity index (χ2n) is 20.6. The van der Waals surface area contributed by atoms with Crippen molar-refractivity contribution >= 4 is 17.9 Å². The molecule has 0 rings (SSSR count). The number of rotatable bonds is 56. The SMILES string of the molecule is CCCCC/C=C\C/C=C\CCCCCCCCCCCC(=O)O[C@H](COC(=O)CCCCCCCCC/C=C\CCCCCC)COC(=O)CCCCCCCCCCCCCCCCCCC. The zero-order chi connectivity index (χ0) is 50.0. The largest absolute Gasteiger partial charge is 0.462 e. The molecule has 0 aromatic heterocycles. The highest BCUT2D eigenvalue weighted by Gasteiger charge is 2.19. The highest BCUT2D eigenvalue weighted by Crippen LogP contribution is 2.17. The van der Waals surface area contributed by atoms with Gasteiger partial charge < -0.3 is 14.2 Å². The van der Waals surface area contributed by atoms with E-state index >= 15 is 0 Å². The van der Waals surface area contributed by atoms with Gasteiger partial charge in [0.15, 0.2) is 6.10 Å². The molecule has 1 atom stereocenters. The number of unbranched alkanes of at least 4 members (excludes halogenated alkanes) is 39. The molecule has 0 amide bonds. The van der Waals surface area contributed by atoms with Gasteiger partial charge in [-0.3, -0.25) is 14.4 Å². The summed E-state index contributed by atoms with van der Waals surface area (Å²) in [6.45, 7) is 6.65. The molecule has 6 nitrogen and oxygen atoms in total. The van der Waals surface area contributed by atoms with Gasteiger partial charge in [-0.25, -0.2) is 0 Å². The monoisotopic (exact) mass is 969 g/mol. The average molecular weight is 970 g/mol. The van der Waals surface area contributed by atoms with Crippen molar-refractivity contribution in [2.45, 2.75) is 335 Å². The summed E-state index contributed by atoms with van der Waals surface area (Å²) >= 11 is 0. The summed E-state index contributed by atoms with van der Waals surface area (Å²) in [6.07, 6.45) is 69.9. The van der Waals surface area contributed by atoms with Gasteiger partial charge >= 0.3 is 17.9 Å². The lowest BCUT2D eigenvalue weighted by molar-refractivity contribution is -0.167. The van der Waals surface area contributed by atoms with Gasteiger partial charge in [0.05, 0.1) is 0 Å². The predicted molar refractivity (Wildman–Crippen MR) is 298 cm³/mol. The summed E-state index contributed by atoms with van der Waals surface area (Å²) in [6, 6.07) is 0. The second kappa shape index (κ2) is 58.2. The van der Waals surface area contributed by atoms with Gasteiger partial charge in [-0.1, -0.05) is 269 Å². The van der Waals surface area contributed by atoms with E-state index in [9.17, 15) is 14.4 Å². The molecular formula is C63H116O6. The van der Waals surface area contributed by atoms with Crippen molar-refractivity contribution in [2.24, 2.45) is 0 Å². The number of hydrogen-bond acceptors (Lipinski definition) is 6. The lowest BCUT2D eigenvalue weighted by atomic mass is 10.0. The fraction of sp³-hybridized carbons (Fsp3) is 0.857. The Balaban J connectivity index is 4.34. The molecule has 0 saturated heterocycles. The Kier molecular flexibility index (Phi) is 56.2. The molecule has 0 aromatic carbocycles. The van der Waals surface area contributed by atoms with E-state index in [4.69, 9.17) is 14.2 Å². The van der Waals surface area contributed by atoms with Crippen LogP contribution in [-0.4, -0.2) is 37.2 Å². The zero-order valence-electron chi connectivity index (χ0n) is 46.3. The van der Waals surface area contributed by atoms with E-state index in [1.165, 1.54) is 225 Å². The van der Waals surface area contributed by atoms with E-state index < -0.39 is 6.10 Å². The molecule has 0 aliphatic rings. The molecule has 0 aliphatic heterocycles. The van der Waals surface area contributed by atoms with E-state index in [0.717, 1.165) is 64.2 Å². The smallest absolute Gasteiger partial charge is 0.306 e. The Morgan fingerprint density at radius 1 is 0.290 bits per heavy atom. The molecule has 404 valence electrons. The minimum absolute atomic E-state index is 0.0710. The van der Waals surface area contributed by atoms with Crippen LogP contribution in [0.2, 0.25) is 0 Å². The first kappa shape index (κ1) is 66.6. The lowest BCUT2D eigenvalue weighted by Crippen LogP contribution is -2.30. The number of carbonyl (C=O) groups excluding carboxylic acids is 3. The second-order valence-corrected chi connectivity index (χ2v) is 20.6. The van der Waals surface area contributed by atoms with E-state index in [1.54, 1.807) is 0 Å². The standard InChI is InChI=1S/C63H116O6/c1-4-7-10-13-16-19-22-25-28-30-31-33-36-39-42-45-48-51-54-57-63(66)69-60(58-67-61(64)55-52-49-46-43-40-37-34-27-24-21-18-15-12-9-6-3)59-68-62(65)56-53-50-47-44-41-38-35-32-29-26-23-20-17-14-11-8-5-2/h16,19,21,24-25,28,60H,4-15,17-18,20,22-23,26-27,29-59H2,1-3H3/b19-16-,24-21-,28-25-/t60-/m1/s1. The van der Waals surface area contributed by atoms with Crippen LogP contribution in [0.4, 0.5) is 0 Å². The summed E-state index contributed by atoms with van der Waals surface area (Å²) < 4.78 is 16.9. The number of hydrogen-bond donors (Lipinski definition) is 0. The first-order valence-electron chi connectivity index (χ1n) is 30.5. The highest BCUT2D eigenvalue weighted by atomic mass is 16.6. The Bertz CT molecular complexity index is 1160. The molecule has 0 saturated carbocycles. The first-order chi connectivity index (χ1) is 34.0. The van der Waals surface area contributed by atoms with Crippen molar-refractivity contribution in [1.82, 2.24) is 0 Å². The van der Waals surface area contributed by atoms with Crippen LogP contribution < -0.4 is 0 Å². The van der Waals surface area contributed by atoms with Gasteiger partial charge in [-0.15, -0.1) is 0 Å². The van der Waals surface area contributed by atoms with E-state index in [2.05, 4.69) is 57.2 Å². The van der Waals surface area contributed by atoms with Crippen molar-refractivity contribution in [3.8, 4) is 0 Å². The molecule has 0 heterocycles. The summed E-state index contributed by atoms with van der Waals surface area (Å²) in [4.78, 5) is 38.2. The van der Waals surface area contributed by atoms with Gasteiger partial charge in [0, 0.05) is 19.3 Å². The van der Waals surface area contributed by atoms with Gasteiger partial charge in [-0.05, 0) is 77.0 Å². The van der Waals surface area contributed by atoms with Crippen molar-refractivity contribution < 1.29 is 28.6 Å². The molecule has 0 N–H and O–H groups in total. The van der Waals surface area contributed by atoms with Crippen LogP contribution in [0.15, 0.2) is 36.5 Å². The minimum atomic E-state index is -0.774. The van der Waals surface area contributed by atoms with Crippen LogP contribution in [0.5, 0.6) is 0 Å². The fourth-order valence-electron chi connectivity index (χ4n) is 9.00. The van der Waals surface area contributed by atoms with Crippen LogP contribution in [0, 0.1) is 0 Å². The minimum Gasteiger partial charge on any atom is -0.462 e.